The predicted molar refractivity (Wildman–Crippen MR) is 55.5 cm³/mol. The molecule has 0 aromatic carbocycles. The number of carbonyl (C=O) groups is 1. The van der Waals surface area contributed by atoms with E-state index in [4.69, 9.17) is 16.6 Å². The number of anilines is 1. The van der Waals surface area contributed by atoms with Crippen LogP contribution in [0.1, 0.15) is 18.0 Å². The highest BCUT2D eigenvalue weighted by molar-refractivity contribution is 9.10. The number of aliphatic carboxylic acids is 1. The van der Waals surface area contributed by atoms with Crippen LogP contribution in [0, 0.1) is 0 Å². The minimum absolute atomic E-state index is 0.127. The first kappa shape index (κ1) is 10.9. The Balaban J connectivity index is 2.85. The summed E-state index contributed by atoms with van der Waals surface area (Å²) in [5, 5.41) is 8.53. The van der Waals surface area contributed by atoms with Crippen LogP contribution in [-0.4, -0.2) is 16.1 Å². The van der Waals surface area contributed by atoms with E-state index in [0.29, 0.717) is 15.9 Å². The van der Waals surface area contributed by atoms with Gasteiger partial charge < -0.3 is 16.6 Å². The van der Waals surface area contributed by atoms with Crippen molar-refractivity contribution in [3.63, 3.8) is 0 Å². The topological polar surface area (TPSA) is 102 Å². The second-order valence-corrected chi connectivity index (χ2v) is 3.69. The van der Waals surface area contributed by atoms with Gasteiger partial charge in [-0.25, -0.2) is 4.98 Å². The Morgan fingerprint density at radius 1 is 1.71 bits per heavy atom. The van der Waals surface area contributed by atoms with Gasteiger partial charge >= 0.3 is 5.97 Å². The van der Waals surface area contributed by atoms with Gasteiger partial charge in [-0.1, -0.05) is 0 Å². The highest BCUT2D eigenvalue weighted by Gasteiger charge is 2.11. The van der Waals surface area contributed by atoms with Crippen LogP contribution < -0.4 is 11.5 Å². The van der Waals surface area contributed by atoms with Gasteiger partial charge in [-0.2, -0.15) is 0 Å². The molecule has 0 amide bonds. The molecular formula is C8H10BrN3O2. The first-order valence-corrected chi connectivity index (χ1v) is 4.68. The first-order chi connectivity index (χ1) is 6.50. The molecule has 1 heterocycles. The minimum atomic E-state index is -0.939. The predicted octanol–water partition coefficient (Wildman–Crippen LogP) is 0.901. The van der Waals surface area contributed by atoms with Crippen molar-refractivity contribution in [3.8, 4) is 0 Å². The smallest absolute Gasteiger partial charge is 0.305 e. The Morgan fingerprint density at radius 3 is 2.86 bits per heavy atom. The van der Waals surface area contributed by atoms with Crippen molar-refractivity contribution in [2.45, 2.75) is 12.5 Å². The molecule has 0 bridgehead atoms. The summed E-state index contributed by atoms with van der Waals surface area (Å²) in [6, 6.07) is 1.12. The number of carboxylic acids is 1. The molecule has 1 atom stereocenters. The molecule has 0 aliphatic heterocycles. The Bertz CT molecular complexity index is 356. The zero-order valence-corrected chi connectivity index (χ0v) is 8.86. The Labute approximate surface area is 89.2 Å². The molecule has 6 heteroatoms. The molecule has 0 aliphatic rings. The maximum absolute atomic E-state index is 10.4. The molecule has 1 aromatic rings. The third-order valence-corrected chi connectivity index (χ3v) is 2.35. The van der Waals surface area contributed by atoms with Crippen molar-refractivity contribution in [2.75, 3.05) is 5.73 Å². The molecule has 5 nitrogen and oxygen atoms in total. The van der Waals surface area contributed by atoms with E-state index in [9.17, 15) is 4.79 Å². The fourth-order valence-corrected chi connectivity index (χ4v) is 1.34. The summed E-state index contributed by atoms with van der Waals surface area (Å²) in [6.07, 6.45) is 1.35. The zero-order chi connectivity index (χ0) is 10.7. The summed E-state index contributed by atoms with van der Waals surface area (Å²) in [7, 11) is 0. The van der Waals surface area contributed by atoms with E-state index >= 15 is 0 Å². The van der Waals surface area contributed by atoms with Crippen molar-refractivity contribution < 1.29 is 9.90 Å². The highest BCUT2D eigenvalue weighted by atomic mass is 79.9. The lowest BCUT2D eigenvalue weighted by Gasteiger charge is -2.09. The average Bonchev–Trinajstić information content (AvgIpc) is 2.08. The Kier molecular flexibility index (Phi) is 3.43. The average molecular weight is 260 g/mol. The molecule has 0 saturated carbocycles. The number of nitrogens with zero attached hydrogens (tertiary/aromatic N) is 1. The van der Waals surface area contributed by atoms with Crippen LogP contribution in [0.4, 0.5) is 5.82 Å². The maximum atomic E-state index is 10.4. The van der Waals surface area contributed by atoms with E-state index in [2.05, 4.69) is 20.9 Å². The number of carboxylic acid groups (broad SMARTS) is 1. The molecule has 0 unspecified atom stereocenters. The number of nitrogen functional groups attached to an aromatic ring is 1. The van der Waals surface area contributed by atoms with Crippen LogP contribution in [0.15, 0.2) is 16.7 Å². The highest BCUT2D eigenvalue weighted by Crippen LogP contribution is 2.21. The van der Waals surface area contributed by atoms with E-state index in [1.54, 1.807) is 6.07 Å². The van der Waals surface area contributed by atoms with E-state index < -0.39 is 12.0 Å². The summed E-state index contributed by atoms with van der Waals surface area (Å²) in [5.41, 5.74) is 11.8. The molecule has 0 radical (unpaired) electrons. The number of hydrogen-bond donors (Lipinski definition) is 3. The summed E-state index contributed by atoms with van der Waals surface area (Å²) < 4.78 is 0.621. The molecule has 5 N–H and O–H groups in total. The van der Waals surface area contributed by atoms with E-state index in [0.717, 1.165) is 0 Å². The van der Waals surface area contributed by atoms with Gasteiger partial charge in [0.05, 0.1) is 10.9 Å². The van der Waals surface area contributed by atoms with Gasteiger partial charge in [0, 0.05) is 12.2 Å². The fraction of sp³-hybridized carbons (Fsp3) is 0.250. The minimum Gasteiger partial charge on any atom is -0.481 e. The van der Waals surface area contributed by atoms with E-state index in [-0.39, 0.29) is 6.42 Å². The number of aromatic nitrogens is 1. The fourth-order valence-electron chi connectivity index (χ4n) is 0.972. The van der Waals surface area contributed by atoms with Crippen LogP contribution in [0.2, 0.25) is 0 Å². The molecule has 14 heavy (non-hydrogen) atoms. The largest absolute Gasteiger partial charge is 0.481 e. The van der Waals surface area contributed by atoms with Gasteiger partial charge in [0.1, 0.15) is 5.82 Å². The van der Waals surface area contributed by atoms with Gasteiger partial charge in [0.2, 0.25) is 0 Å². The third kappa shape index (κ3) is 2.68. The maximum Gasteiger partial charge on any atom is 0.305 e. The summed E-state index contributed by atoms with van der Waals surface area (Å²) in [4.78, 5) is 14.3. The Morgan fingerprint density at radius 2 is 2.36 bits per heavy atom. The molecule has 0 saturated heterocycles. The van der Waals surface area contributed by atoms with Crippen LogP contribution in [0.3, 0.4) is 0 Å². The molecule has 1 rings (SSSR count). The number of rotatable bonds is 3. The molecule has 76 valence electrons. The van der Waals surface area contributed by atoms with Gasteiger partial charge in [-0.05, 0) is 27.6 Å². The molecule has 1 aromatic heterocycles. The molecule has 0 fully saturated rings. The van der Waals surface area contributed by atoms with Crippen molar-refractivity contribution in [1.29, 1.82) is 0 Å². The van der Waals surface area contributed by atoms with Crippen LogP contribution in [-0.2, 0) is 4.79 Å². The van der Waals surface area contributed by atoms with Gasteiger partial charge in [0.25, 0.3) is 0 Å². The SMILES string of the molecule is Nc1ncc([C@@H](N)CC(=O)O)cc1Br. The van der Waals surface area contributed by atoms with E-state index in [1.807, 2.05) is 0 Å². The van der Waals surface area contributed by atoms with Gasteiger partial charge in [0.15, 0.2) is 0 Å². The third-order valence-electron chi connectivity index (χ3n) is 1.71. The number of nitrogens with two attached hydrogens (primary N) is 2. The monoisotopic (exact) mass is 259 g/mol. The van der Waals surface area contributed by atoms with Crippen molar-refractivity contribution in [1.82, 2.24) is 4.98 Å². The lowest BCUT2D eigenvalue weighted by atomic mass is 10.1. The number of halogens is 1. The van der Waals surface area contributed by atoms with Crippen LogP contribution in [0.25, 0.3) is 0 Å². The normalized spacial score (nSPS) is 12.4. The first-order valence-electron chi connectivity index (χ1n) is 3.89. The van der Waals surface area contributed by atoms with Crippen molar-refractivity contribution in [2.24, 2.45) is 5.73 Å². The summed E-state index contributed by atoms with van der Waals surface area (Å²) in [6.45, 7) is 0. The van der Waals surface area contributed by atoms with E-state index in [1.165, 1.54) is 6.20 Å². The van der Waals surface area contributed by atoms with Gasteiger partial charge in [-0.3, -0.25) is 4.79 Å². The van der Waals surface area contributed by atoms with Crippen LogP contribution in [0.5, 0.6) is 0 Å². The lowest BCUT2D eigenvalue weighted by molar-refractivity contribution is -0.137. The van der Waals surface area contributed by atoms with Gasteiger partial charge in [-0.15, -0.1) is 0 Å². The zero-order valence-electron chi connectivity index (χ0n) is 7.27. The lowest BCUT2D eigenvalue weighted by Crippen LogP contribution is -2.15. The number of pyridine rings is 1. The quantitative estimate of drug-likeness (QED) is 0.749. The summed E-state index contributed by atoms with van der Waals surface area (Å²) >= 11 is 3.19. The Hall–Kier alpha value is -1.14. The van der Waals surface area contributed by atoms with Crippen LogP contribution >= 0.6 is 15.9 Å². The van der Waals surface area contributed by atoms with Crippen molar-refractivity contribution in [3.05, 3.63) is 22.3 Å². The number of hydrogen-bond acceptors (Lipinski definition) is 4. The molecule has 0 spiro atoms. The standard InChI is InChI=1S/C8H10BrN3O2/c9-5-1-4(3-12-8(5)11)6(10)2-7(13)14/h1,3,6H,2,10H2,(H2,11,12)(H,13,14)/t6-/m0/s1. The van der Waals surface area contributed by atoms with Crippen molar-refractivity contribution >= 4 is 27.7 Å². The molecule has 0 aliphatic carbocycles. The molecular weight excluding hydrogens is 250 g/mol. The summed E-state index contributed by atoms with van der Waals surface area (Å²) in [5.74, 6) is -0.582. The second kappa shape index (κ2) is 4.39. The second-order valence-electron chi connectivity index (χ2n) is 2.84.